The number of fused-ring (bicyclic) bond motifs is 1. The van der Waals surface area contributed by atoms with E-state index in [0.29, 0.717) is 0 Å². The molecule has 2 rings (SSSR count). The molecule has 1 atom stereocenters. The Kier molecular flexibility index (Phi) is 2.64. The number of hydrogen-bond acceptors (Lipinski definition) is 2. The van der Waals surface area contributed by atoms with Crippen molar-refractivity contribution < 1.29 is 0 Å². The maximum atomic E-state index is 5.92. The maximum absolute atomic E-state index is 5.92. The number of nitrogens with two attached hydrogens (primary N) is 1. The zero-order valence-corrected chi connectivity index (χ0v) is 10.6. The van der Waals surface area contributed by atoms with Crippen LogP contribution >= 0.6 is 27.3 Å². The topological polar surface area (TPSA) is 26.0 Å². The van der Waals surface area contributed by atoms with Crippen molar-refractivity contribution in [1.29, 1.82) is 0 Å². The summed E-state index contributed by atoms with van der Waals surface area (Å²) in [5.74, 6) is 0. The molecular formula is C11H12BrNS. The number of aryl methyl sites for hydroxylation is 1. The summed E-state index contributed by atoms with van der Waals surface area (Å²) in [4.78, 5) is 1.29. The maximum Gasteiger partial charge on any atom is 0.0364 e. The minimum absolute atomic E-state index is 0.131. The van der Waals surface area contributed by atoms with E-state index in [9.17, 15) is 0 Å². The highest BCUT2D eigenvalue weighted by Gasteiger charge is 2.11. The highest BCUT2D eigenvalue weighted by Crippen LogP contribution is 2.35. The molecule has 0 saturated carbocycles. The molecule has 0 bridgehead atoms. The van der Waals surface area contributed by atoms with Crippen LogP contribution in [0, 0.1) is 6.92 Å². The molecule has 1 heterocycles. The Bertz CT molecular complexity index is 473. The van der Waals surface area contributed by atoms with Crippen molar-refractivity contribution in [3.05, 3.63) is 33.1 Å². The van der Waals surface area contributed by atoms with E-state index in [1.165, 1.54) is 20.5 Å². The largest absolute Gasteiger partial charge is 0.323 e. The van der Waals surface area contributed by atoms with E-state index in [1.54, 1.807) is 11.3 Å². The number of hydrogen-bond donors (Lipinski definition) is 1. The Morgan fingerprint density at radius 1 is 1.43 bits per heavy atom. The molecule has 1 aromatic carbocycles. The van der Waals surface area contributed by atoms with Crippen molar-refractivity contribution in [1.82, 2.24) is 0 Å². The van der Waals surface area contributed by atoms with Gasteiger partial charge in [0.1, 0.15) is 0 Å². The molecule has 0 spiro atoms. The van der Waals surface area contributed by atoms with Gasteiger partial charge in [0.15, 0.2) is 0 Å². The quantitative estimate of drug-likeness (QED) is 0.833. The van der Waals surface area contributed by atoms with Crippen LogP contribution in [0.2, 0.25) is 0 Å². The van der Waals surface area contributed by atoms with Crippen molar-refractivity contribution in [3.8, 4) is 0 Å². The fourth-order valence-electron chi connectivity index (χ4n) is 1.65. The van der Waals surface area contributed by atoms with E-state index >= 15 is 0 Å². The summed E-state index contributed by atoms with van der Waals surface area (Å²) < 4.78 is 2.44. The summed E-state index contributed by atoms with van der Waals surface area (Å²) in [5.41, 5.74) is 7.24. The van der Waals surface area contributed by atoms with Crippen LogP contribution in [0.25, 0.3) is 10.1 Å². The third-order valence-electron chi connectivity index (χ3n) is 2.35. The lowest BCUT2D eigenvalue weighted by Gasteiger charge is -2.01. The van der Waals surface area contributed by atoms with E-state index in [-0.39, 0.29) is 6.04 Å². The SMILES string of the molecule is Cc1c(C(C)N)sc2ccc(Br)cc12. The number of halogens is 1. The Balaban J connectivity index is 2.74. The van der Waals surface area contributed by atoms with E-state index in [2.05, 4.69) is 41.1 Å². The number of benzene rings is 1. The minimum atomic E-state index is 0.131. The molecule has 1 aromatic heterocycles. The molecule has 1 unspecified atom stereocenters. The van der Waals surface area contributed by atoms with Gasteiger partial charge in [0.2, 0.25) is 0 Å². The second kappa shape index (κ2) is 3.65. The van der Waals surface area contributed by atoms with Gasteiger partial charge in [-0.25, -0.2) is 0 Å². The van der Waals surface area contributed by atoms with Crippen LogP contribution in [-0.2, 0) is 0 Å². The molecule has 0 aliphatic rings. The second-order valence-electron chi connectivity index (χ2n) is 3.52. The predicted molar refractivity (Wildman–Crippen MR) is 66.9 cm³/mol. The molecule has 2 N–H and O–H groups in total. The van der Waals surface area contributed by atoms with E-state index in [0.717, 1.165) is 4.47 Å². The third kappa shape index (κ3) is 1.60. The summed E-state index contributed by atoms with van der Waals surface area (Å²) in [6, 6.07) is 6.50. The minimum Gasteiger partial charge on any atom is -0.323 e. The van der Waals surface area contributed by atoms with E-state index < -0.39 is 0 Å². The van der Waals surface area contributed by atoms with Gasteiger partial charge >= 0.3 is 0 Å². The van der Waals surface area contributed by atoms with Gasteiger partial charge in [-0.1, -0.05) is 15.9 Å². The van der Waals surface area contributed by atoms with E-state index in [1.807, 2.05) is 6.92 Å². The molecule has 0 radical (unpaired) electrons. The zero-order valence-electron chi connectivity index (χ0n) is 8.17. The normalized spacial score (nSPS) is 13.4. The first-order valence-electron chi connectivity index (χ1n) is 4.53. The molecule has 0 saturated heterocycles. The predicted octanol–water partition coefficient (Wildman–Crippen LogP) is 3.99. The Morgan fingerprint density at radius 2 is 2.14 bits per heavy atom. The third-order valence-corrected chi connectivity index (χ3v) is 4.32. The highest BCUT2D eigenvalue weighted by molar-refractivity contribution is 9.10. The van der Waals surface area contributed by atoms with Crippen LogP contribution in [-0.4, -0.2) is 0 Å². The van der Waals surface area contributed by atoms with Crippen molar-refractivity contribution in [2.45, 2.75) is 19.9 Å². The van der Waals surface area contributed by atoms with Crippen LogP contribution in [0.15, 0.2) is 22.7 Å². The summed E-state index contributed by atoms with van der Waals surface area (Å²) in [6.45, 7) is 4.18. The monoisotopic (exact) mass is 269 g/mol. The second-order valence-corrected chi connectivity index (χ2v) is 5.52. The summed E-state index contributed by atoms with van der Waals surface area (Å²) in [6.07, 6.45) is 0. The average molecular weight is 270 g/mol. The fraction of sp³-hybridized carbons (Fsp3) is 0.273. The molecule has 0 aliphatic carbocycles. The Hall–Kier alpha value is -0.380. The van der Waals surface area contributed by atoms with Crippen LogP contribution < -0.4 is 5.73 Å². The number of rotatable bonds is 1. The lowest BCUT2D eigenvalue weighted by molar-refractivity contribution is 0.832. The highest BCUT2D eigenvalue weighted by atomic mass is 79.9. The lowest BCUT2D eigenvalue weighted by atomic mass is 10.1. The van der Waals surface area contributed by atoms with Crippen LogP contribution in [0.3, 0.4) is 0 Å². The van der Waals surface area contributed by atoms with Gasteiger partial charge in [-0.15, -0.1) is 11.3 Å². The van der Waals surface area contributed by atoms with Gasteiger partial charge in [-0.3, -0.25) is 0 Å². The molecule has 0 aliphatic heterocycles. The van der Waals surface area contributed by atoms with Crippen LogP contribution in [0.4, 0.5) is 0 Å². The van der Waals surface area contributed by atoms with Crippen molar-refractivity contribution in [2.75, 3.05) is 0 Å². The first kappa shape index (κ1) is 10.1. The first-order chi connectivity index (χ1) is 6.59. The van der Waals surface area contributed by atoms with Gasteiger partial charge < -0.3 is 5.73 Å². The molecule has 0 amide bonds. The summed E-state index contributed by atoms with van der Waals surface area (Å²) in [7, 11) is 0. The molecule has 3 heteroatoms. The zero-order chi connectivity index (χ0) is 10.3. The molecule has 0 fully saturated rings. The first-order valence-corrected chi connectivity index (χ1v) is 6.14. The van der Waals surface area contributed by atoms with Crippen LogP contribution in [0.5, 0.6) is 0 Å². The molecule has 1 nitrogen and oxygen atoms in total. The van der Waals surface area contributed by atoms with Gasteiger partial charge in [0.05, 0.1) is 0 Å². The van der Waals surface area contributed by atoms with Crippen molar-refractivity contribution in [3.63, 3.8) is 0 Å². The van der Waals surface area contributed by atoms with Gasteiger partial charge in [0, 0.05) is 20.1 Å². The van der Waals surface area contributed by atoms with Crippen molar-refractivity contribution in [2.24, 2.45) is 5.73 Å². The van der Waals surface area contributed by atoms with E-state index in [4.69, 9.17) is 5.73 Å². The van der Waals surface area contributed by atoms with Crippen molar-refractivity contribution >= 4 is 37.4 Å². The van der Waals surface area contributed by atoms with Gasteiger partial charge in [0.25, 0.3) is 0 Å². The molecule has 74 valence electrons. The van der Waals surface area contributed by atoms with Gasteiger partial charge in [-0.05, 0) is 43.0 Å². The standard InChI is InChI=1S/C11H12BrNS/c1-6-9-5-8(12)3-4-10(9)14-11(6)7(2)13/h3-5,7H,13H2,1-2H3. The Morgan fingerprint density at radius 3 is 2.79 bits per heavy atom. The average Bonchev–Trinajstić information content (AvgIpc) is 2.44. The van der Waals surface area contributed by atoms with Crippen LogP contribution in [0.1, 0.15) is 23.4 Å². The molecule has 2 aromatic rings. The summed E-state index contributed by atoms with van der Waals surface area (Å²) in [5, 5.41) is 1.32. The summed E-state index contributed by atoms with van der Waals surface area (Å²) >= 11 is 5.28. The lowest BCUT2D eigenvalue weighted by Crippen LogP contribution is -2.03. The van der Waals surface area contributed by atoms with Gasteiger partial charge in [-0.2, -0.15) is 0 Å². The molecular weight excluding hydrogens is 258 g/mol. The molecule has 14 heavy (non-hydrogen) atoms. The number of thiophene rings is 1. The Labute approximate surface area is 96.1 Å². The smallest absolute Gasteiger partial charge is 0.0364 e. The fourth-order valence-corrected chi connectivity index (χ4v) is 3.15.